The summed E-state index contributed by atoms with van der Waals surface area (Å²) >= 11 is 0. The molecule has 0 fully saturated rings. The summed E-state index contributed by atoms with van der Waals surface area (Å²) in [6.45, 7) is 0. The Morgan fingerprint density at radius 1 is 1.05 bits per heavy atom. The van der Waals surface area contributed by atoms with Gasteiger partial charge in [0.25, 0.3) is 0 Å². The molecule has 0 spiro atoms. The third-order valence-corrected chi connectivity index (χ3v) is 3.44. The van der Waals surface area contributed by atoms with Crippen molar-refractivity contribution in [2.75, 3.05) is 0 Å². The van der Waals surface area contributed by atoms with E-state index in [9.17, 15) is 13.9 Å². The summed E-state index contributed by atoms with van der Waals surface area (Å²) in [4.78, 5) is 4.26. The molecule has 1 atom stereocenters. The van der Waals surface area contributed by atoms with Crippen molar-refractivity contribution in [3.05, 3.63) is 77.5 Å². The maximum absolute atomic E-state index is 13.6. The second kappa shape index (κ2) is 5.58. The molecular weight excluding hydrogens is 272 g/mol. The largest absolute Gasteiger partial charge is 0.388 e. The van der Waals surface area contributed by atoms with E-state index in [-0.39, 0.29) is 12.0 Å². The van der Waals surface area contributed by atoms with Gasteiger partial charge >= 0.3 is 0 Å². The first-order chi connectivity index (χ1) is 10.1. The molecule has 0 radical (unpaired) electrons. The predicted molar refractivity (Wildman–Crippen MR) is 76.8 cm³/mol. The number of hydrogen-bond acceptors (Lipinski definition) is 2. The molecule has 106 valence electrons. The van der Waals surface area contributed by atoms with Crippen LogP contribution in [0.5, 0.6) is 0 Å². The topological polar surface area (TPSA) is 33.1 Å². The van der Waals surface area contributed by atoms with Gasteiger partial charge in [-0.1, -0.05) is 30.3 Å². The van der Waals surface area contributed by atoms with E-state index < -0.39 is 17.7 Å². The van der Waals surface area contributed by atoms with Gasteiger partial charge in [-0.25, -0.2) is 8.78 Å². The van der Waals surface area contributed by atoms with Crippen LogP contribution in [0.4, 0.5) is 8.78 Å². The maximum Gasteiger partial charge on any atom is 0.162 e. The molecule has 0 amide bonds. The Morgan fingerprint density at radius 2 is 1.86 bits per heavy atom. The molecule has 3 aromatic rings. The summed E-state index contributed by atoms with van der Waals surface area (Å²) in [5.41, 5.74) is 1.55. The van der Waals surface area contributed by atoms with Crippen LogP contribution in [-0.4, -0.2) is 10.1 Å². The summed E-state index contributed by atoms with van der Waals surface area (Å²) in [7, 11) is 0. The van der Waals surface area contributed by atoms with Crippen molar-refractivity contribution in [3.63, 3.8) is 0 Å². The Morgan fingerprint density at radius 3 is 2.71 bits per heavy atom. The highest BCUT2D eigenvalue weighted by atomic mass is 19.2. The number of aromatic nitrogens is 1. The van der Waals surface area contributed by atoms with Gasteiger partial charge in [0, 0.05) is 18.0 Å². The zero-order valence-electron chi connectivity index (χ0n) is 11.1. The molecule has 0 saturated heterocycles. The fourth-order valence-electron chi connectivity index (χ4n) is 2.30. The van der Waals surface area contributed by atoms with Crippen molar-refractivity contribution in [1.29, 1.82) is 0 Å². The van der Waals surface area contributed by atoms with Crippen LogP contribution in [0.25, 0.3) is 10.9 Å². The molecule has 1 aromatic heterocycles. The minimum absolute atomic E-state index is 0.00358. The molecule has 1 heterocycles. The lowest BCUT2D eigenvalue weighted by molar-refractivity contribution is 0.176. The average molecular weight is 285 g/mol. The molecule has 4 heteroatoms. The number of nitrogens with zero attached hydrogens (tertiary/aromatic N) is 1. The Kier molecular flexibility index (Phi) is 3.62. The number of aliphatic hydroxyl groups excluding tert-OH is 1. The van der Waals surface area contributed by atoms with E-state index in [2.05, 4.69) is 4.98 Å². The third kappa shape index (κ3) is 2.76. The molecule has 1 unspecified atom stereocenters. The molecule has 0 saturated carbocycles. The van der Waals surface area contributed by atoms with Gasteiger partial charge in [0.1, 0.15) is 0 Å². The molecule has 2 nitrogen and oxygen atoms in total. The van der Waals surface area contributed by atoms with Crippen LogP contribution in [0.15, 0.2) is 54.7 Å². The van der Waals surface area contributed by atoms with Crippen LogP contribution in [0, 0.1) is 11.6 Å². The van der Waals surface area contributed by atoms with Crippen molar-refractivity contribution in [3.8, 4) is 0 Å². The van der Waals surface area contributed by atoms with Crippen LogP contribution < -0.4 is 0 Å². The highest BCUT2D eigenvalue weighted by Crippen LogP contribution is 2.23. The summed E-state index contributed by atoms with van der Waals surface area (Å²) < 4.78 is 26.8. The van der Waals surface area contributed by atoms with Gasteiger partial charge in [-0.05, 0) is 29.3 Å². The average Bonchev–Trinajstić information content (AvgIpc) is 2.51. The van der Waals surface area contributed by atoms with Crippen molar-refractivity contribution < 1.29 is 13.9 Å². The monoisotopic (exact) mass is 285 g/mol. The fraction of sp³-hybridized carbons (Fsp3) is 0.118. The number of fused-ring (bicyclic) bond motifs is 1. The molecule has 2 aromatic carbocycles. The lowest BCUT2D eigenvalue weighted by Gasteiger charge is -2.12. The van der Waals surface area contributed by atoms with E-state index in [1.165, 1.54) is 12.1 Å². The molecule has 0 bridgehead atoms. The molecule has 21 heavy (non-hydrogen) atoms. The minimum atomic E-state index is -0.932. The normalized spacial score (nSPS) is 12.5. The van der Waals surface area contributed by atoms with E-state index >= 15 is 0 Å². The van der Waals surface area contributed by atoms with Crippen molar-refractivity contribution in [2.45, 2.75) is 12.5 Å². The van der Waals surface area contributed by atoms with Crippen molar-refractivity contribution in [1.82, 2.24) is 4.98 Å². The van der Waals surface area contributed by atoms with E-state index in [1.54, 1.807) is 6.20 Å². The molecule has 0 aliphatic rings. The maximum atomic E-state index is 13.6. The smallest absolute Gasteiger partial charge is 0.162 e. The number of benzene rings is 2. The number of rotatable bonds is 3. The van der Waals surface area contributed by atoms with Gasteiger partial charge in [-0.15, -0.1) is 0 Å². The minimum Gasteiger partial charge on any atom is -0.388 e. The van der Waals surface area contributed by atoms with Gasteiger partial charge < -0.3 is 5.11 Å². The second-order valence-electron chi connectivity index (χ2n) is 4.89. The molecule has 3 rings (SSSR count). The number of halogens is 2. The first-order valence-corrected chi connectivity index (χ1v) is 6.61. The second-order valence-corrected chi connectivity index (χ2v) is 4.89. The highest BCUT2D eigenvalue weighted by molar-refractivity contribution is 5.78. The summed E-state index contributed by atoms with van der Waals surface area (Å²) in [6.07, 6.45) is 0.631. The summed E-state index contributed by atoms with van der Waals surface area (Å²) in [5, 5.41) is 11.1. The van der Waals surface area contributed by atoms with Crippen LogP contribution in [-0.2, 0) is 6.42 Å². The van der Waals surface area contributed by atoms with Crippen molar-refractivity contribution in [2.24, 2.45) is 0 Å². The quantitative estimate of drug-likeness (QED) is 0.794. The van der Waals surface area contributed by atoms with Gasteiger partial charge in [0.2, 0.25) is 0 Å². The fourth-order valence-corrected chi connectivity index (χ4v) is 2.30. The number of hydrogen-bond donors (Lipinski definition) is 1. The zero-order chi connectivity index (χ0) is 14.8. The molecule has 1 N–H and O–H groups in total. The van der Waals surface area contributed by atoms with E-state index in [1.807, 2.05) is 30.3 Å². The van der Waals surface area contributed by atoms with Gasteiger partial charge in [-0.3, -0.25) is 4.98 Å². The lowest BCUT2D eigenvalue weighted by atomic mass is 10.0. The number of aliphatic hydroxyl groups is 1. The number of para-hydroxylation sites is 1. The van der Waals surface area contributed by atoms with Gasteiger partial charge in [-0.2, -0.15) is 0 Å². The molecule has 0 aliphatic heterocycles. The van der Waals surface area contributed by atoms with Crippen LogP contribution >= 0.6 is 0 Å². The van der Waals surface area contributed by atoms with E-state index in [4.69, 9.17) is 0 Å². The first-order valence-electron chi connectivity index (χ1n) is 6.61. The zero-order valence-corrected chi connectivity index (χ0v) is 11.1. The number of pyridine rings is 1. The SMILES string of the molecule is OC(Cc1cccc(F)c1F)c1cnc2ccccc2c1. The Labute approximate surface area is 120 Å². The van der Waals surface area contributed by atoms with Crippen LogP contribution in [0.1, 0.15) is 17.2 Å². The predicted octanol–water partition coefficient (Wildman–Crippen LogP) is 3.79. The first kappa shape index (κ1) is 13.6. The van der Waals surface area contributed by atoms with E-state index in [0.717, 1.165) is 17.0 Å². The summed E-state index contributed by atoms with van der Waals surface area (Å²) in [6, 6.07) is 13.3. The summed E-state index contributed by atoms with van der Waals surface area (Å²) in [5.74, 6) is -1.82. The standard InChI is InChI=1S/C17H13F2NO/c18-14-6-3-5-12(17(14)19)9-16(21)13-8-11-4-1-2-7-15(11)20-10-13/h1-8,10,16,21H,9H2. The highest BCUT2D eigenvalue weighted by Gasteiger charge is 2.14. The molecular formula is C17H13F2NO. The lowest BCUT2D eigenvalue weighted by Crippen LogP contribution is -2.05. The van der Waals surface area contributed by atoms with Gasteiger partial charge in [0.05, 0.1) is 11.6 Å². The Hall–Kier alpha value is -2.33. The Balaban J connectivity index is 1.89. The third-order valence-electron chi connectivity index (χ3n) is 3.44. The van der Waals surface area contributed by atoms with E-state index in [0.29, 0.717) is 5.56 Å². The molecule has 0 aliphatic carbocycles. The Bertz CT molecular complexity index is 789. The van der Waals surface area contributed by atoms with Crippen LogP contribution in [0.3, 0.4) is 0 Å². The van der Waals surface area contributed by atoms with Crippen molar-refractivity contribution >= 4 is 10.9 Å². The van der Waals surface area contributed by atoms with Crippen LogP contribution in [0.2, 0.25) is 0 Å². The van der Waals surface area contributed by atoms with Gasteiger partial charge in [0.15, 0.2) is 11.6 Å².